The van der Waals surface area contributed by atoms with E-state index < -0.39 is 6.10 Å². The highest BCUT2D eigenvalue weighted by molar-refractivity contribution is 5.01. The summed E-state index contributed by atoms with van der Waals surface area (Å²) < 4.78 is 0. The van der Waals surface area contributed by atoms with Crippen molar-refractivity contribution >= 4 is 0 Å². The molecule has 0 saturated heterocycles. The molecule has 0 bridgehead atoms. The topological polar surface area (TPSA) is 40.5 Å². The summed E-state index contributed by atoms with van der Waals surface area (Å²) in [7, 11) is 0. The normalized spacial score (nSPS) is 16.2. The van der Waals surface area contributed by atoms with Crippen molar-refractivity contribution in [2.75, 3.05) is 6.61 Å². The van der Waals surface area contributed by atoms with Crippen molar-refractivity contribution in [3.8, 4) is 0 Å². The first-order valence-corrected chi connectivity index (χ1v) is 2.64. The van der Waals surface area contributed by atoms with Crippen molar-refractivity contribution in [3.05, 3.63) is 11.6 Å². The number of rotatable bonds is 2. The van der Waals surface area contributed by atoms with Gasteiger partial charge >= 0.3 is 0 Å². The Morgan fingerprint density at radius 3 is 2.38 bits per heavy atom. The lowest BCUT2D eigenvalue weighted by Crippen LogP contribution is -2.12. The minimum Gasteiger partial charge on any atom is -0.393 e. The molecule has 0 heterocycles. The van der Waals surface area contributed by atoms with E-state index in [2.05, 4.69) is 0 Å². The Morgan fingerprint density at radius 2 is 2.25 bits per heavy atom. The molecule has 0 aliphatic rings. The molecule has 0 spiro atoms. The Labute approximate surface area is 49.5 Å². The van der Waals surface area contributed by atoms with Gasteiger partial charge < -0.3 is 10.2 Å². The molecule has 2 heteroatoms. The zero-order valence-corrected chi connectivity index (χ0v) is 5.26. The zero-order chi connectivity index (χ0) is 6.57. The van der Waals surface area contributed by atoms with Crippen LogP contribution in [0.3, 0.4) is 0 Å². The van der Waals surface area contributed by atoms with Crippen molar-refractivity contribution in [2.24, 2.45) is 0 Å². The van der Waals surface area contributed by atoms with E-state index in [-0.39, 0.29) is 6.61 Å². The van der Waals surface area contributed by atoms with Crippen LogP contribution in [0.15, 0.2) is 11.6 Å². The van der Waals surface area contributed by atoms with Gasteiger partial charge in [0.2, 0.25) is 0 Å². The molecule has 1 atom stereocenters. The molecule has 0 fully saturated rings. The van der Waals surface area contributed by atoms with Gasteiger partial charge in [-0.2, -0.15) is 0 Å². The van der Waals surface area contributed by atoms with Gasteiger partial charge in [0.1, 0.15) is 0 Å². The Bertz CT molecular complexity index is 86.5. The number of hydrogen-bond acceptors (Lipinski definition) is 2. The maximum absolute atomic E-state index is 8.81. The highest BCUT2D eigenvalue weighted by atomic mass is 16.3. The van der Waals surface area contributed by atoms with Gasteiger partial charge in [0.15, 0.2) is 0 Å². The Morgan fingerprint density at radius 1 is 1.75 bits per heavy atom. The van der Waals surface area contributed by atoms with E-state index in [1.807, 2.05) is 6.92 Å². The van der Waals surface area contributed by atoms with E-state index >= 15 is 0 Å². The van der Waals surface area contributed by atoms with Crippen LogP contribution >= 0.6 is 0 Å². The van der Waals surface area contributed by atoms with E-state index in [9.17, 15) is 0 Å². The van der Waals surface area contributed by atoms with Gasteiger partial charge in [-0.05, 0) is 19.4 Å². The largest absolute Gasteiger partial charge is 0.393 e. The third-order valence-electron chi connectivity index (χ3n) is 1.15. The van der Waals surface area contributed by atoms with Gasteiger partial charge in [-0.25, -0.2) is 0 Å². The Balaban J connectivity index is 3.63. The number of aliphatic hydroxyl groups is 2. The molecule has 2 N–H and O–H groups in total. The van der Waals surface area contributed by atoms with Crippen molar-refractivity contribution in [1.82, 2.24) is 0 Å². The fourth-order valence-electron chi connectivity index (χ4n) is 0.336. The Hall–Kier alpha value is -0.340. The highest BCUT2D eigenvalue weighted by Gasteiger charge is 2.00. The smallest absolute Gasteiger partial charge is 0.0978 e. The van der Waals surface area contributed by atoms with E-state index in [0.717, 1.165) is 5.57 Å². The molecule has 0 amide bonds. The van der Waals surface area contributed by atoms with E-state index in [0.29, 0.717) is 0 Å². The average molecular weight is 116 g/mol. The minimum absolute atomic E-state index is 0.184. The third kappa shape index (κ3) is 2.09. The lowest BCUT2D eigenvalue weighted by Gasteiger charge is -2.04. The van der Waals surface area contributed by atoms with Crippen molar-refractivity contribution in [2.45, 2.75) is 20.0 Å². The lowest BCUT2D eigenvalue weighted by molar-refractivity contribution is 0.122. The van der Waals surface area contributed by atoms with Crippen LogP contribution in [0.4, 0.5) is 0 Å². The van der Waals surface area contributed by atoms with E-state index in [4.69, 9.17) is 10.2 Å². The maximum Gasteiger partial charge on any atom is 0.0978 e. The molecule has 0 radical (unpaired) electrons. The molecule has 0 rings (SSSR count). The summed E-state index contributed by atoms with van der Waals surface area (Å²) in [6, 6.07) is 0. The van der Waals surface area contributed by atoms with Crippen LogP contribution in [0.25, 0.3) is 0 Å². The summed E-state index contributed by atoms with van der Waals surface area (Å²) in [5.74, 6) is 0. The average Bonchev–Trinajstić information content (AvgIpc) is 1.84. The molecule has 2 nitrogen and oxygen atoms in total. The first-order valence-electron chi connectivity index (χ1n) is 2.64. The minimum atomic E-state index is -0.667. The van der Waals surface area contributed by atoms with Gasteiger partial charge in [-0.3, -0.25) is 0 Å². The van der Waals surface area contributed by atoms with Gasteiger partial charge in [-0.1, -0.05) is 6.08 Å². The van der Waals surface area contributed by atoms with E-state index in [1.165, 1.54) is 0 Å². The zero-order valence-electron chi connectivity index (χ0n) is 5.26. The Kier molecular flexibility index (Phi) is 3.48. The number of allylic oxidation sites excluding steroid dienone is 1. The quantitative estimate of drug-likeness (QED) is 0.509. The van der Waals surface area contributed by atoms with Crippen LogP contribution in [0.2, 0.25) is 0 Å². The first kappa shape index (κ1) is 7.66. The van der Waals surface area contributed by atoms with Gasteiger partial charge in [0, 0.05) is 0 Å². The van der Waals surface area contributed by atoms with Crippen LogP contribution < -0.4 is 0 Å². The van der Waals surface area contributed by atoms with Crippen molar-refractivity contribution in [1.29, 1.82) is 0 Å². The second-order valence-electron chi connectivity index (χ2n) is 1.73. The van der Waals surface area contributed by atoms with Crippen LogP contribution in [0.1, 0.15) is 13.8 Å². The van der Waals surface area contributed by atoms with Crippen molar-refractivity contribution in [3.63, 3.8) is 0 Å². The summed E-state index contributed by atoms with van der Waals surface area (Å²) in [5, 5.41) is 17.2. The number of hydrogen-bond donors (Lipinski definition) is 2. The molecule has 0 saturated carbocycles. The fourth-order valence-corrected chi connectivity index (χ4v) is 0.336. The third-order valence-corrected chi connectivity index (χ3v) is 1.15. The molecule has 1 unspecified atom stereocenters. The first-order chi connectivity index (χ1) is 3.72. The molecular formula is C6H12O2. The molecule has 0 aliphatic carbocycles. The molecule has 8 heavy (non-hydrogen) atoms. The monoisotopic (exact) mass is 116 g/mol. The molecule has 0 aliphatic heterocycles. The second-order valence-corrected chi connectivity index (χ2v) is 1.73. The maximum atomic E-state index is 8.81. The SMILES string of the molecule is C/C=C(\C)C(O)CO. The second kappa shape index (κ2) is 3.64. The highest BCUT2D eigenvalue weighted by Crippen LogP contribution is 1.97. The summed E-state index contributed by atoms with van der Waals surface area (Å²) in [6.07, 6.45) is 1.11. The lowest BCUT2D eigenvalue weighted by atomic mass is 10.2. The molecular weight excluding hydrogens is 104 g/mol. The molecule has 0 aromatic rings. The van der Waals surface area contributed by atoms with Crippen LogP contribution in [-0.2, 0) is 0 Å². The summed E-state index contributed by atoms with van der Waals surface area (Å²) in [6.45, 7) is 3.42. The fraction of sp³-hybridized carbons (Fsp3) is 0.667. The summed E-state index contributed by atoms with van der Waals surface area (Å²) in [4.78, 5) is 0. The van der Waals surface area contributed by atoms with Crippen molar-refractivity contribution < 1.29 is 10.2 Å². The van der Waals surface area contributed by atoms with E-state index in [1.54, 1.807) is 13.0 Å². The van der Waals surface area contributed by atoms with Crippen LogP contribution in [0, 0.1) is 0 Å². The standard InChI is InChI=1S/C6H12O2/c1-3-5(2)6(8)4-7/h3,6-8H,4H2,1-2H3/b5-3+. The van der Waals surface area contributed by atoms with Gasteiger partial charge in [0.25, 0.3) is 0 Å². The van der Waals surface area contributed by atoms with Gasteiger partial charge in [-0.15, -0.1) is 0 Å². The summed E-state index contributed by atoms with van der Waals surface area (Å²) >= 11 is 0. The van der Waals surface area contributed by atoms with Crippen LogP contribution in [-0.4, -0.2) is 22.9 Å². The molecule has 0 aromatic carbocycles. The molecule has 0 aromatic heterocycles. The predicted molar refractivity (Wildman–Crippen MR) is 32.5 cm³/mol. The predicted octanol–water partition coefficient (Wildman–Crippen LogP) is 0.306. The van der Waals surface area contributed by atoms with Gasteiger partial charge in [0.05, 0.1) is 12.7 Å². The number of aliphatic hydroxyl groups excluding tert-OH is 2. The summed E-state index contributed by atoms with van der Waals surface area (Å²) in [5.41, 5.74) is 0.813. The van der Waals surface area contributed by atoms with Crippen LogP contribution in [0.5, 0.6) is 0 Å². The molecule has 48 valence electrons.